The summed E-state index contributed by atoms with van der Waals surface area (Å²) in [6.45, 7) is 1.40. The van der Waals surface area contributed by atoms with Crippen molar-refractivity contribution in [3.8, 4) is 17.3 Å². The van der Waals surface area contributed by atoms with Crippen molar-refractivity contribution in [2.75, 3.05) is 13.7 Å². The average Bonchev–Trinajstić information content (AvgIpc) is 3.15. The molecule has 0 unspecified atom stereocenters. The lowest BCUT2D eigenvalue weighted by Crippen LogP contribution is -2.39. The molecule has 0 bridgehead atoms. The van der Waals surface area contributed by atoms with Gasteiger partial charge in [0.2, 0.25) is 0 Å². The minimum Gasteiger partial charge on any atom is -0.493 e. The van der Waals surface area contributed by atoms with Gasteiger partial charge >= 0.3 is 0 Å². The van der Waals surface area contributed by atoms with E-state index in [0.29, 0.717) is 6.61 Å². The monoisotopic (exact) mass is 335 g/mol. The van der Waals surface area contributed by atoms with E-state index in [4.69, 9.17) is 9.47 Å². The maximum Gasteiger partial charge on any atom is 0.164 e. The summed E-state index contributed by atoms with van der Waals surface area (Å²) in [6, 6.07) is 16.4. The van der Waals surface area contributed by atoms with Gasteiger partial charge < -0.3 is 19.4 Å². The number of rotatable bonds is 5. The summed E-state index contributed by atoms with van der Waals surface area (Å²) < 4.78 is 13.4. The summed E-state index contributed by atoms with van der Waals surface area (Å²) >= 11 is 0. The Morgan fingerprint density at radius 2 is 2.16 bits per heavy atom. The van der Waals surface area contributed by atoms with E-state index in [1.165, 1.54) is 11.3 Å². The van der Waals surface area contributed by atoms with E-state index in [9.17, 15) is 0 Å². The topological polar surface area (TPSA) is 48.3 Å². The molecule has 0 spiro atoms. The number of nitrogens with zero attached hydrogens (tertiary/aromatic N) is 2. The molecule has 2 aromatic heterocycles. The van der Waals surface area contributed by atoms with Crippen molar-refractivity contribution in [1.29, 1.82) is 0 Å². The molecule has 0 fully saturated rings. The fraction of sp³-hybridized carbons (Fsp3) is 0.250. The van der Waals surface area contributed by atoms with Crippen molar-refractivity contribution >= 4 is 0 Å². The molecule has 0 saturated carbocycles. The highest BCUT2D eigenvalue weighted by molar-refractivity contribution is 5.48. The van der Waals surface area contributed by atoms with E-state index in [2.05, 4.69) is 27.0 Å². The van der Waals surface area contributed by atoms with Gasteiger partial charge in [0.1, 0.15) is 12.4 Å². The molecule has 1 aliphatic rings. The molecule has 1 atom stereocenters. The molecule has 3 aromatic rings. The molecule has 4 rings (SSSR count). The van der Waals surface area contributed by atoms with E-state index in [1.807, 2.05) is 48.8 Å². The number of nitrogens with one attached hydrogen (secondary N) is 1. The van der Waals surface area contributed by atoms with Crippen molar-refractivity contribution in [3.05, 3.63) is 72.2 Å². The molecule has 5 heteroatoms. The molecule has 1 aromatic carbocycles. The number of methoxy groups -OCH3 is 1. The maximum absolute atomic E-state index is 5.94. The molecular formula is C20H21N3O2. The van der Waals surface area contributed by atoms with Crippen molar-refractivity contribution in [2.45, 2.75) is 19.0 Å². The first-order valence-corrected chi connectivity index (χ1v) is 8.45. The van der Waals surface area contributed by atoms with E-state index in [0.717, 1.165) is 30.3 Å². The lowest BCUT2D eigenvalue weighted by atomic mass is 10.0. The highest BCUT2D eigenvalue weighted by Gasteiger charge is 2.22. The molecule has 25 heavy (non-hydrogen) atoms. The second-order valence-corrected chi connectivity index (χ2v) is 6.10. The van der Waals surface area contributed by atoms with Gasteiger partial charge in [-0.15, -0.1) is 0 Å². The number of hydrogen-bond acceptors (Lipinski definition) is 4. The second kappa shape index (κ2) is 6.99. The van der Waals surface area contributed by atoms with Gasteiger partial charge in [0.15, 0.2) is 11.5 Å². The summed E-state index contributed by atoms with van der Waals surface area (Å²) in [5, 5.41) is 3.60. The summed E-state index contributed by atoms with van der Waals surface area (Å²) in [5.74, 6) is 2.61. The third-order valence-corrected chi connectivity index (χ3v) is 4.48. The lowest BCUT2D eigenvalue weighted by Gasteiger charge is -2.27. The van der Waals surface area contributed by atoms with Gasteiger partial charge in [0.25, 0.3) is 0 Å². The maximum atomic E-state index is 5.94. The number of aromatic nitrogens is 2. The average molecular weight is 335 g/mol. The smallest absolute Gasteiger partial charge is 0.164 e. The zero-order valence-corrected chi connectivity index (χ0v) is 14.2. The van der Waals surface area contributed by atoms with Crippen LogP contribution in [-0.4, -0.2) is 29.3 Å². The highest BCUT2D eigenvalue weighted by atomic mass is 16.5. The molecular weight excluding hydrogens is 314 g/mol. The minimum atomic E-state index is 0.270. The Kier molecular flexibility index (Phi) is 4.39. The molecule has 0 amide bonds. The van der Waals surface area contributed by atoms with Crippen LogP contribution in [0.1, 0.15) is 11.3 Å². The van der Waals surface area contributed by atoms with Crippen LogP contribution in [0.5, 0.6) is 11.5 Å². The molecule has 0 aliphatic carbocycles. The Bertz CT molecular complexity index is 845. The number of para-hydroxylation sites is 1. The first-order valence-electron chi connectivity index (χ1n) is 8.45. The normalized spacial score (nSPS) is 16.1. The molecule has 5 nitrogen and oxygen atoms in total. The van der Waals surface area contributed by atoms with Crippen LogP contribution in [0.25, 0.3) is 5.82 Å². The molecule has 1 aliphatic heterocycles. The van der Waals surface area contributed by atoms with Crippen LogP contribution in [0.3, 0.4) is 0 Å². The van der Waals surface area contributed by atoms with Crippen molar-refractivity contribution in [3.63, 3.8) is 0 Å². The van der Waals surface area contributed by atoms with Crippen molar-refractivity contribution in [1.82, 2.24) is 14.9 Å². The van der Waals surface area contributed by atoms with Crippen LogP contribution in [0.4, 0.5) is 0 Å². The minimum absolute atomic E-state index is 0.270. The summed E-state index contributed by atoms with van der Waals surface area (Å²) in [4.78, 5) is 4.42. The van der Waals surface area contributed by atoms with Crippen LogP contribution in [0.2, 0.25) is 0 Å². The van der Waals surface area contributed by atoms with Crippen LogP contribution in [-0.2, 0) is 13.0 Å². The van der Waals surface area contributed by atoms with Crippen LogP contribution in [0.15, 0.2) is 60.9 Å². The first-order chi connectivity index (χ1) is 12.3. The standard InChI is InChI=1S/C20H21N3O2/c1-24-18-8-4-6-15-12-16(14-25-20(15)18)22-13-17-7-5-11-23(17)19-9-2-3-10-21-19/h2-11,16,22H,12-14H2,1H3/t16-/m1/s1. The molecule has 0 radical (unpaired) electrons. The Balaban J connectivity index is 1.44. The van der Waals surface area contributed by atoms with Crippen molar-refractivity contribution in [2.24, 2.45) is 0 Å². The number of hydrogen-bond donors (Lipinski definition) is 1. The predicted molar refractivity (Wildman–Crippen MR) is 96.4 cm³/mol. The van der Waals surface area contributed by atoms with Gasteiger partial charge in [-0.1, -0.05) is 18.2 Å². The van der Waals surface area contributed by atoms with Crippen LogP contribution >= 0.6 is 0 Å². The fourth-order valence-corrected chi connectivity index (χ4v) is 3.21. The largest absolute Gasteiger partial charge is 0.493 e. The summed E-state index contributed by atoms with van der Waals surface area (Å²) in [5.41, 5.74) is 2.36. The van der Waals surface area contributed by atoms with Crippen LogP contribution in [0, 0.1) is 0 Å². The zero-order chi connectivity index (χ0) is 17.1. The number of fused-ring (bicyclic) bond motifs is 1. The lowest BCUT2D eigenvalue weighted by molar-refractivity contribution is 0.226. The van der Waals surface area contributed by atoms with E-state index in [-0.39, 0.29) is 6.04 Å². The second-order valence-electron chi connectivity index (χ2n) is 6.10. The van der Waals surface area contributed by atoms with E-state index >= 15 is 0 Å². The van der Waals surface area contributed by atoms with Crippen molar-refractivity contribution < 1.29 is 9.47 Å². The number of ether oxygens (including phenoxy) is 2. The van der Waals surface area contributed by atoms with E-state index in [1.54, 1.807) is 7.11 Å². The van der Waals surface area contributed by atoms with Gasteiger partial charge in [0.05, 0.1) is 7.11 Å². The fourth-order valence-electron chi connectivity index (χ4n) is 3.21. The van der Waals surface area contributed by atoms with Gasteiger partial charge in [-0.2, -0.15) is 0 Å². The van der Waals surface area contributed by atoms with Gasteiger partial charge in [-0.05, 0) is 42.3 Å². The third-order valence-electron chi connectivity index (χ3n) is 4.48. The molecule has 0 saturated heterocycles. The summed E-state index contributed by atoms with van der Waals surface area (Å²) in [7, 11) is 1.68. The van der Waals surface area contributed by atoms with Crippen LogP contribution < -0.4 is 14.8 Å². The van der Waals surface area contributed by atoms with Gasteiger partial charge in [-0.25, -0.2) is 4.98 Å². The highest BCUT2D eigenvalue weighted by Crippen LogP contribution is 2.34. The quantitative estimate of drug-likeness (QED) is 0.779. The SMILES string of the molecule is COc1cccc2c1OC[C@H](NCc1cccn1-c1ccccn1)C2. The first kappa shape index (κ1) is 15.7. The van der Waals surface area contributed by atoms with Gasteiger partial charge in [0, 0.05) is 30.7 Å². The third kappa shape index (κ3) is 3.23. The molecule has 128 valence electrons. The van der Waals surface area contributed by atoms with E-state index < -0.39 is 0 Å². The Hall–Kier alpha value is -2.79. The Morgan fingerprint density at radius 3 is 3.00 bits per heavy atom. The predicted octanol–water partition coefficient (Wildman–Crippen LogP) is 2.97. The Morgan fingerprint density at radius 1 is 1.20 bits per heavy atom. The molecule has 1 N–H and O–H groups in total. The Labute approximate surface area is 147 Å². The molecule has 3 heterocycles. The zero-order valence-electron chi connectivity index (χ0n) is 14.2. The summed E-state index contributed by atoms with van der Waals surface area (Å²) in [6.07, 6.45) is 4.78. The number of benzene rings is 1. The number of pyridine rings is 1. The van der Waals surface area contributed by atoms with Gasteiger partial charge in [-0.3, -0.25) is 0 Å².